The Labute approximate surface area is 232 Å². The molecule has 1 N–H and O–H groups in total. The molecule has 0 bridgehead atoms. The summed E-state index contributed by atoms with van der Waals surface area (Å²) in [5, 5.41) is 3.06. The van der Waals surface area contributed by atoms with Gasteiger partial charge in [0.2, 0.25) is 5.88 Å². The fourth-order valence-corrected chi connectivity index (χ4v) is 5.16. The number of rotatable bonds is 5. The number of nitrogens with one attached hydrogen (secondary N) is 1. The van der Waals surface area contributed by atoms with Crippen LogP contribution in [0.4, 0.5) is 13.2 Å². The van der Waals surface area contributed by atoms with Gasteiger partial charge in [0.1, 0.15) is 5.52 Å². The molecule has 0 saturated carbocycles. The Kier molecular flexibility index (Phi) is 7.57. The van der Waals surface area contributed by atoms with Crippen molar-refractivity contribution in [3.05, 3.63) is 94.4 Å². The number of methoxy groups -OCH3 is 1. The molecule has 5 rings (SSSR count). The maximum absolute atomic E-state index is 13.7. The van der Waals surface area contributed by atoms with Crippen LogP contribution in [0.25, 0.3) is 11.0 Å². The van der Waals surface area contributed by atoms with E-state index in [0.717, 1.165) is 11.8 Å². The fourth-order valence-electron chi connectivity index (χ4n) is 4.89. The lowest BCUT2D eigenvalue weighted by Crippen LogP contribution is -2.51. The second-order valence-electron chi connectivity index (χ2n) is 9.29. The molecule has 0 unspecified atom stereocenters. The van der Waals surface area contributed by atoms with E-state index in [1.165, 1.54) is 19.5 Å². The SMILES string of the molecule is COc1cc(C(F)(F)F)c(C(=O)N[C@@H]2CCN(C(=O)c3cc(Cl)c4nccnc4c3)C[C@@H]2c2ccccc2)cn1. The zero-order chi connectivity index (χ0) is 28.4. The normalized spacial score (nSPS) is 17.5. The highest BCUT2D eigenvalue weighted by atomic mass is 35.5. The third kappa shape index (κ3) is 5.55. The fraction of sp³-hybridized carbons (Fsp3) is 0.250. The number of pyridine rings is 1. The topological polar surface area (TPSA) is 97.3 Å². The molecule has 1 saturated heterocycles. The van der Waals surface area contributed by atoms with Crippen molar-refractivity contribution in [1.82, 2.24) is 25.2 Å². The number of piperidine rings is 1. The molecule has 1 aliphatic rings. The van der Waals surface area contributed by atoms with Crippen LogP contribution in [0.1, 0.15) is 44.2 Å². The molecular weight excluding hydrogens is 547 g/mol. The van der Waals surface area contributed by atoms with Crippen LogP contribution in [0.5, 0.6) is 5.88 Å². The van der Waals surface area contributed by atoms with Gasteiger partial charge >= 0.3 is 6.18 Å². The molecule has 12 heteroatoms. The summed E-state index contributed by atoms with van der Waals surface area (Å²) >= 11 is 6.36. The van der Waals surface area contributed by atoms with E-state index in [4.69, 9.17) is 16.3 Å². The van der Waals surface area contributed by atoms with E-state index in [-0.39, 0.29) is 30.8 Å². The van der Waals surface area contributed by atoms with E-state index >= 15 is 0 Å². The van der Waals surface area contributed by atoms with Gasteiger partial charge in [0, 0.05) is 55.3 Å². The minimum absolute atomic E-state index is 0.219. The summed E-state index contributed by atoms with van der Waals surface area (Å²) in [6.45, 7) is 0.479. The summed E-state index contributed by atoms with van der Waals surface area (Å²) < 4.78 is 46.1. The van der Waals surface area contributed by atoms with Gasteiger partial charge in [-0.1, -0.05) is 41.9 Å². The van der Waals surface area contributed by atoms with Gasteiger partial charge < -0.3 is 15.0 Å². The van der Waals surface area contributed by atoms with Crippen molar-refractivity contribution in [3.8, 4) is 5.88 Å². The number of likely N-dealkylation sites (tertiary alicyclic amines) is 1. The summed E-state index contributed by atoms with van der Waals surface area (Å²) in [4.78, 5) is 40.6. The first-order chi connectivity index (χ1) is 19.2. The van der Waals surface area contributed by atoms with Crippen LogP contribution in [0.3, 0.4) is 0 Å². The van der Waals surface area contributed by atoms with Crippen LogP contribution in [0.15, 0.2) is 67.1 Å². The summed E-state index contributed by atoms with van der Waals surface area (Å²) in [5.41, 5.74) is 0.384. The Bertz CT molecular complexity index is 1570. The summed E-state index contributed by atoms with van der Waals surface area (Å²) in [7, 11) is 1.20. The Balaban J connectivity index is 1.42. The van der Waals surface area contributed by atoms with Crippen molar-refractivity contribution in [2.24, 2.45) is 0 Å². The second kappa shape index (κ2) is 11.1. The number of fused-ring (bicyclic) bond motifs is 1. The van der Waals surface area contributed by atoms with Gasteiger partial charge in [-0.25, -0.2) is 4.98 Å². The minimum atomic E-state index is -4.79. The zero-order valence-electron chi connectivity index (χ0n) is 21.2. The number of benzene rings is 2. The molecule has 0 aliphatic carbocycles. The number of halogens is 4. The average molecular weight is 570 g/mol. The predicted octanol–water partition coefficient (Wildman–Crippen LogP) is 5.13. The van der Waals surface area contributed by atoms with Gasteiger partial charge in [-0.05, 0) is 24.1 Å². The Morgan fingerprint density at radius 2 is 1.82 bits per heavy atom. The zero-order valence-corrected chi connectivity index (χ0v) is 21.9. The lowest BCUT2D eigenvalue weighted by atomic mass is 9.85. The van der Waals surface area contributed by atoms with Crippen molar-refractivity contribution >= 4 is 34.4 Å². The summed E-state index contributed by atoms with van der Waals surface area (Å²) in [6.07, 6.45) is -0.598. The Morgan fingerprint density at radius 1 is 1.07 bits per heavy atom. The van der Waals surface area contributed by atoms with Crippen LogP contribution >= 0.6 is 11.6 Å². The van der Waals surface area contributed by atoms with Crippen molar-refractivity contribution in [2.45, 2.75) is 24.6 Å². The van der Waals surface area contributed by atoms with Crippen molar-refractivity contribution in [1.29, 1.82) is 0 Å². The number of carbonyl (C=O) groups excluding carboxylic acids is 2. The van der Waals surface area contributed by atoms with E-state index in [1.54, 1.807) is 17.0 Å². The molecule has 1 fully saturated rings. The van der Waals surface area contributed by atoms with Gasteiger partial charge in [0.05, 0.1) is 28.8 Å². The van der Waals surface area contributed by atoms with E-state index in [1.807, 2.05) is 30.3 Å². The molecule has 4 aromatic rings. The Hall–Kier alpha value is -4.25. The van der Waals surface area contributed by atoms with Crippen LogP contribution in [0, 0.1) is 0 Å². The highest BCUT2D eigenvalue weighted by molar-refractivity contribution is 6.35. The Morgan fingerprint density at radius 3 is 2.55 bits per heavy atom. The summed E-state index contributed by atoms with van der Waals surface area (Å²) in [6, 6.07) is 12.5. The third-order valence-electron chi connectivity index (χ3n) is 6.86. The van der Waals surface area contributed by atoms with E-state index in [9.17, 15) is 22.8 Å². The monoisotopic (exact) mass is 569 g/mol. The lowest BCUT2D eigenvalue weighted by molar-refractivity contribution is -0.138. The first-order valence-electron chi connectivity index (χ1n) is 12.3. The molecule has 3 heterocycles. The minimum Gasteiger partial charge on any atom is -0.481 e. The molecule has 2 amide bonds. The van der Waals surface area contributed by atoms with Crippen molar-refractivity contribution in [2.75, 3.05) is 20.2 Å². The number of hydrogen-bond acceptors (Lipinski definition) is 6. The van der Waals surface area contributed by atoms with E-state index < -0.39 is 29.3 Å². The molecule has 2 aromatic carbocycles. The maximum atomic E-state index is 13.7. The van der Waals surface area contributed by atoms with Crippen LogP contribution in [-0.4, -0.2) is 57.9 Å². The highest BCUT2D eigenvalue weighted by Crippen LogP contribution is 2.35. The first kappa shape index (κ1) is 27.3. The van der Waals surface area contributed by atoms with Gasteiger partial charge in [0.25, 0.3) is 11.8 Å². The molecular formula is C28H23ClF3N5O3. The summed E-state index contributed by atoms with van der Waals surface area (Å²) in [5.74, 6) is -1.83. The third-order valence-corrected chi connectivity index (χ3v) is 7.14. The number of amides is 2. The number of aromatic nitrogens is 3. The lowest BCUT2D eigenvalue weighted by Gasteiger charge is -2.39. The standard InChI is InChI=1S/C28H23ClF3N5O3/c1-40-24-13-20(28(30,31)32)18(14-35-24)26(38)36-22-7-10-37(15-19(22)16-5-3-2-4-6-16)27(39)17-11-21(29)25-23(12-17)33-8-9-34-25/h2-6,8-9,11-14,19,22H,7,10,15H2,1H3,(H,36,38)/t19-,22-/m1/s1. The van der Waals surface area contributed by atoms with Gasteiger partial charge in [-0.15, -0.1) is 0 Å². The first-order valence-corrected chi connectivity index (χ1v) is 12.7. The van der Waals surface area contributed by atoms with Gasteiger partial charge in [0.15, 0.2) is 0 Å². The molecule has 1 aliphatic heterocycles. The van der Waals surface area contributed by atoms with Crippen LogP contribution in [-0.2, 0) is 6.18 Å². The molecule has 2 aromatic heterocycles. The molecule has 40 heavy (non-hydrogen) atoms. The van der Waals surface area contributed by atoms with E-state index in [2.05, 4.69) is 20.3 Å². The van der Waals surface area contributed by atoms with Crippen LogP contribution in [0.2, 0.25) is 5.02 Å². The molecule has 0 spiro atoms. The smallest absolute Gasteiger partial charge is 0.417 e. The molecule has 206 valence electrons. The molecule has 2 atom stereocenters. The maximum Gasteiger partial charge on any atom is 0.417 e. The predicted molar refractivity (Wildman–Crippen MR) is 141 cm³/mol. The largest absolute Gasteiger partial charge is 0.481 e. The number of ether oxygens (including phenoxy) is 1. The molecule has 8 nitrogen and oxygen atoms in total. The number of hydrogen-bond donors (Lipinski definition) is 1. The van der Waals surface area contributed by atoms with Gasteiger partial charge in [-0.3, -0.25) is 19.6 Å². The number of carbonyl (C=O) groups is 2. The van der Waals surface area contributed by atoms with Gasteiger partial charge in [-0.2, -0.15) is 13.2 Å². The van der Waals surface area contributed by atoms with Crippen molar-refractivity contribution in [3.63, 3.8) is 0 Å². The highest BCUT2D eigenvalue weighted by Gasteiger charge is 2.38. The second-order valence-corrected chi connectivity index (χ2v) is 9.70. The quantitative estimate of drug-likeness (QED) is 0.358. The van der Waals surface area contributed by atoms with Crippen LogP contribution < -0.4 is 10.1 Å². The number of alkyl halides is 3. The van der Waals surface area contributed by atoms with E-state index in [0.29, 0.717) is 34.1 Å². The average Bonchev–Trinajstić information content (AvgIpc) is 2.96. The molecule has 0 radical (unpaired) electrons. The number of nitrogens with zero attached hydrogens (tertiary/aromatic N) is 4. The van der Waals surface area contributed by atoms with Crippen molar-refractivity contribution < 1.29 is 27.5 Å².